The zero-order chi connectivity index (χ0) is 17.3. The number of aliphatic hydroxyl groups is 1. The van der Waals surface area contributed by atoms with Crippen LogP contribution in [0.15, 0.2) is 24.1 Å². The van der Waals surface area contributed by atoms with Gasteiger partial charge in [0.25, 0.3) is 0 Å². The van der Waals surface area contributed by atoms with E-state index in [0.717, 1.165) is 57.1 Å². The third kappa shape index (κ3) is 3.28. The van der Waals surface area contributed by atoms with Crippen molar-refractivity contribution in [3.05, 3.63) is 34.7 Å². The van der Waals surface area contributed by atoms with E-state index in [2.05, 4.69) is 31.7 Å². The van der Waals surface area contributed by atoms with Gasteiger partial charge in [0.05, 0.1) is 11.2 Å². The number of rotatable bonds is 4. The van der Waals surface area contributed by atoms with Gasteiger partial charge in [0.1, 0.15) is 12.1 Å². The molecule has 0 bridgehead atoms. The molecule has 0 aromatic carbocycles. The molecule has 1 spiro atoms. The molecule has 4 rings (SSSR count). The van der Waals surface area contributed by atoms with Gasteiger partial charge >= 0.3 is 0 Å². The van der Waals surface area contributed by atoms with Crippen molar-refractivity contribution in [3.63, 3.8) is 0 Å². The Morgan fingerprint density at radius 2 is 2.16 bits per heavy atom. The number of nitrogens with zero attached hydrogens (tertiary/aromatic N) is 5. The number of piperidine rings is 1. The Labute approximate surface area is 152 Å². The monoisotopic (exact) mass is 359 g/mol. The topological polar surface area (TPSA) is 65.4 Å². The second kappa shape index (κ2) is 6.97. The second-order valence-corrected chi connectivity index (χ2v) is 8.27. The van der Waals surface area contributed by atoms with E-state index in [9.17, 15) is 5.11 Å². The van der Waals surface area contributed by atoms with Gasteiger partial charge in [0.2, 0.25) is 0 Å². The average molecular weight is 359 g/mol. The molecule has 0 radical (unpaired) electrons. The van der Waals surface area contributed by atoms with E-state index in [1.54, 1.807) is 23.9 Å². The first-order chi connectivity index (χ1) is 12.2. The lowest BCUT2D eigenvalue weighted by atomic mass is 9.71. The van der Waals surface area contributed by atoms with E-state index in [0.29, 0.717) is 5.92 Å². The van der Waals surface area contributed by atoms with Gasteiger partial charge in [-0.2, -0.15) is 0 Å². The lowest BCUT2D eigenvalue weighted by molar-refractivity contribution is 0.0510. The Morgan fingerprint density at radius 1 is 1.32 bits per heavy atom. The third-order valence-corrected chi connectivity index (χ3v) is 6.91. The van der Waals surface area contributed by atoms with Gasteiger partial charge < -0.3 is 10.0 Å². The lowest BCUT2D eigenvalue weighted by Gasteiger charge is -2.42. The molecule has 0 saturated carbocycles. The quantitative estimate of drug-likeness (QED) is 0.900. The Kier molecular flexibility index (Phi) is 4.71. The molecule has 25 heavy (non-hydrogen) atoms. The fourth-order valence-electron chi connectivity index (χ4n) is 4.33. The fraction of sp³-hybridized carbons (Fsp3) is 0.611. The first-order valence-electron chi connectivity index (χ1n) is 8.93. The number of likely N-dealkylation sites (tertiary alicyclic amines) is 1. The summed E-state index contributed by atoms with van der Waals surface area (Å²) in [7, 11) is 0. The molecule has 4 heterocycles. The van der Waals surface area contributed by atoms with Crippen molar-refractivity contribution in [2.24, 2.45) is 11.3 Å². The van der Waals surface area contributed by atoms with Gasteiger partial charge in [-0.1, -0.05) is 0 Å². The van der Waals surface area contributed by atoms with E-state index in [1.165, 1.54) is 4.88 Å². The van der Waals surface area contributed by atoms with Crippen LogP contribution in [0.5, 0.6) is 0 Å². The molecular weight excluding hydrogens is 334 g/mol. The van der Waals surface area contributed by atoms with Gasteiger partial charge in [0, 0.05) is 43.2 Å². The fourth-order valence-corrected chi connectivity index (χ4v) is 5.15. The van der Waals surface area contributed by atoms with Crippen LogP contribution in [-0.4, -0.2) is 57.7 Å². The van der Waals surface area contributed by atoms with Crippen LogP contribution in [0.25, 0.3) is 0 Å². The highest BCUT2D eigenvalue weighted by Crippen LogP contribution is 2.45. The van der Waals surface area contributed by atoms with Crippen LogP contribution < -0.4 is 4.90 Å². The standard InChI is InChI=1S/C18H25N5OS/c1-14-16(25-13-21-14)9-22-6-3-18(4-7-22)11-23(8-15(18)10-24)17-2-5-19-12-20-17/h2,5,12-13,15,24H,3-4,6-11H2,1H3. The SMILES string of the molecule is Cc1ncsc1CN1CCC2(CC1)CN(c1ccncn1)CC2CO. The van der Waals surface area contributed by atoms with Crippen molar-refractivity contribution in [3.8, 4) is 0 Å². The summed E-state index contributed by atoms with van der Waals surface area (Å²) in [5.41, 5.74) is 3.31. The number of aromatic nitrogens is 3. The Hall–Kier alpha value is -1.57. The summed E-state index contributed by atoms with van der Waals surface area (Å²) in [5.74, 6) is 1.31. The van der Waals surface area contributed by atoms with Crippen LogP contribution in [0.1, 0.15) is 23.4 Å². The first kappa shape index (κ1) is 16.9. The van der Waals surface area contributed by atoms with Crippen LogP contribution in [0.2, 0.25) is 0 Å². The molecule has 2 saturated heterocycles. The summed E-state index contributed by atoms with van der Waals surface area (Å²) in [6.07, 6.45) is 5.67. The Bertz CT molecular complexity index is 699. The molecule has 2 aliphatic heterocycles. The predicted molar refractivity (Wildman–Crippen MR) is 98.6 cm³/mol. The summed E-state index contributed by atoms with van der Waals surface area (Å²) in [6, 6.07) is 1.97. The van der Waals surface area contributed by atoms with Gasteiger partial charge in [-0.15, -0.1) is 11.3 Å². The van der Waals surface area contributed by atoms with E-state index in [1.807, 2.05) is 11.6 Å². The molecule has 2 aromatic heterocycles. The minimum atomic E-state index is 0.207. The minimum Gasteiger partial charge on any atom is -0.396 e. The molecule has 6 nitrogen and oxygen atoms in total. The van der Waals surface area contributed by atoms with Crippen LogP contribution in [-0.2, 0) is 6.54 Å². The molecule has 7 heteroatoms. The van der Waals surface area contributed by atoms with Crippen LogP contribution in [0.3, 0.4) is 0 Å². The van der Waals surface area contributed by atoms with Crippen molar-refractivity contribution in [1.82, 2.24) is 19.9 Å². The third-order valence-electron chi connectivity index (χ3n) is 5.99. The van der Waals surface area contributed by atoms with E-state index >= 15 is 0 Å². The molecule has 2 aliphatic rings. The average Bonchev–Trinajstić information content (AvgIpc) is 3.22. The molecule has 2 fully saturated rings. The van der Waals surface area contributed by atoms with Gasteiger partial charge in [-0.05, 0) is 44.3 Å². The molecular formula is C18H25N5OS. The van der Waals surface area contributed by atoms with Crippen molar-refractivity contribution < 1.29 is 5.11 Å². The molecule has 0 aliphatic carbocycles. The molecule has 1 N–H and O–H groups in total. The lowest BCUT2D eigenvalue weighted by Crippen LogP contribution is -2.44. The predicted octanol–water partition coefficient (Wildman–Crippen LogP) is 1.95. The summed E-state index contributed by atoms with van der Waals surface area (Å²) >= 11 is 1.75. The number of anilines is 1. The van der Waals surface area contributed by atoms with E-state index in [-0.39, 0.29) is 12.0 Å². The molecule has 2 aromatic rings. The number of hydrogen-bond donors (Lipinski definition) is 1. The molecule has 1 unspecified atom stereocenters. The normalized spacial score (nSPS) is 23.4. The number of thiazole rings is 1. The molecule has 134 valence electrons. The number of hydrogen-bond acceptors (Lipinski definition) is 7. The van der Waals surface area contributed by atoms with Gasteiger partial charge in [-0.25, -0.2) is 15.0 Å². The van der Waals surface area contributed by atoms with Crippen molar-refractivity contribution in [2.75, 3.05) is 37.7 Å². The Balaban J connectivity index is 1.43. The maximum atomic E-state index is 9.98. The molecule has 1 atom stereocenters. The Morgan fingerprint density at radius 3 is 2.80 bits per heavy atom. The largest absolute Gasteiger partial charge is 0.396 e. The minimum absolute atomic E-state index is 0.207. The van der Waals surface area contributed by atoms with E-state index < -0.39 is 0 Å². The highest BCUT2D eigenvalue weighted by Gasteiger charge is 2.47. The van der Waals surface area contributed by atoms with Crippen LogP contribution in [0.4, 0.5) is 5.82 Å². The molecule has 0 amide bonds. The smallest absolute Gasteiger partial charge is 0.131 e. The summed E-state index contributed by atoms with van der Waals surface area (Å²) in [5, 5.41) is 9.98. The van der Waals surface area contributed by atoms with Gasteiger partial charge in [0.15, 0.2) is 0 Å². The number of aliphatic hydroxyl groups excluding tert-OH is 1. The zero-order valence-corrected chi connectivity index (χ0v) is 15.5. The second-order valence-electron chi connectivity index (χ2n) is 7.33. The van der Waals surface area contributed by atoms with Crippen LogP contribution in [0, 0.1) is 18.3 Å². The summed E-state index contributed by atoms with van der Waals surface area (Å²) in [6.45, 7) is 7.41. The maximum absolute atomic E-state index is 9.98. The summed E-state index contributed by atoms with van der Waals surface area (Å²) < 4.78 is 0. The zero-order valence-electron chi connectivity index (χ0n) is 14.6. The van der Waals surface area contributed by atoms with Crippen molar-refractivity contribution in [2.45, 2.75) is 26.3 Å². The number of aryl methyl sites for hydroxylation is 1. The first-order valence-corrected chi connectivity index (χ1v) is 9.81. The highest BCUT2D eigenvalue weighted by atomic mass is 32.1. The van der Waals surface area contributed by atoms with E-state index in [4.69, 9.17) is 0 Å². The highest BCUT2D eigenvalue weighted by molar-refractivity contribution is 7.09. The van der Waals surface area contributed by atoms with Gasteiger partial charge in [-0.3, -0.25) is 4.90 Å². The van der Waals surface area contributed by atoms with Crippen LogP contribution >= 0.6 is 11.3 Å². The summed E-state index contributed by atoms with van der Waals surface area (Å²) in [4.78, 5) is 19.0. The van der Waals surface area contributed by atoms with Crippen molar-refractivity contribution in [1.29, 1.82) is 0 Å². The maximum Gasteiger partial charge on any atom is 0.131 e. The van der Waals surface area contributed by atoms with Crippen molar-refractivity contribution >= 4 is 17.2 Å².